The Balaban J connectivity index is 1.96. The first-order valence-corrected chi connectivity index (χ1v) is 8.15. The van der Waals surface area contributed by atoms with Crippen molar-refractivity contribution in [1.29, 1.82) is 0 Å². The maximum Gasteiger partial charge on any atom is 0.305 e. The number of hydrogen-bond acceptors (Lipinski definition) is 3. The van der Waals surface area contributed by atoms with Crippen molar-refractivity contribution in [3.8, 4) is 0 Å². The van der Waals surface area contributed by atoms with Gasteiger partial charge >= 0.3 is 5.97 Å². The molecule has 0 radical (unpaired) electrons. The minimum atomic E-state index is -0.629. The van der Waals surface area contributed by atoms with Crippen molar-refractivity contribution in [2.75, 3.05) is 12.4 Å². The molecule has 0 saturated heterocycles. The molecule has 0 heterocycles. The summed E-state index contributed by atoms with van der Waals surface area (Å²) in [6, 6.07) is 0. The van der Waals surface area contributed by atoms with E-state index in [1.807, 2.05) is 6.92 Å². The monoisotopic (exact) mass is 260 g/mol. The van der Waals surface area contributed by atoms with Crippen LogP contribution in [0.3, 0.4) is 0 Å². The number of ether oxygens (including phenoxy) is 1. The second-order valence-corrected chi connectivity index (χ2v) is 6.44. The average Bonchev–Trinajstić information content (AvgIpc) is 2.82. The molecule has 0 aromatic carbocycles. The van der Waals surface area contributed by atoms with Crippen molar-refractivity contribution in [3.05, 3.63) is 0 Å². The van der Waals surface area contributed by atoms with Gasteiger partial charge in [0.1, 0.15) is 0 Å². The molecule has 100 valence electrons. The zero-order valence-electron chi connectivity index (χ0n) is 10.8. The van der Waals surface area contributed by atoms with Gasteiger partial charge in [0.2, 0.25) is 0 Å². The van der Waals surface area contributed by atoms with Crippen LogP contribution in [0.2, 0.25) is 0 Å². The molecule has 3 nitrogen and oxygen atoms in total. The van der Waals surface area contributed by atoms with Crippen molar-refractivity contribution < 1.29 is 13.7 Å². The van der Waals surface area contributed by atoms with Gasteiger partial charge < -0.3 is 4.74 Å². The van der Waals surface area contributed by atoms with Gasteiger partial charge in [-0.25, -0.2) is 0 Å². The summed E-state index contributed by atoms with van der Waals surface area (Å²) in [7, 11) is -0.629. The molecule has 0 aromatic heterocycles. The quantitative estimate of drug-likeness (QED) is 0.498. The Morgan fingerprint density at radius 2 is 1.94 bits per heavy atom. The van der Waals surface area contributed by atoms with E-state index in [0.717, 1.165) is 37.9 Å². The minimum absolute atomic E-state index is 0.107. The van der Waals surface area contributed by atoms with Gasteiger partial charge in [-0.2, -0.15) is 0 Å². The maximum atomic E-state index is 11.9. The number of esters is 1. The number of rotatable bonds is 8. The van der Waals surface area contributed by atoms with Gasteiger partial charge in [0.15, 0.2) is 0 Å². The van der Waals surface area contributed by atoms with Gasteiger partial charge in [0, 0.05) is 28.2 Å². The third-order valence-corrected chi connectivity index (χ3v) is 5.11. The molecule has 1 saturated carbocycles. The Morgan fingerprint density at radius 3 is 2.59 bits per heavy atom. The normalized spacial score (nSPS) is 18.2. The Bertz CT molecular complexity index is 247. The fraction of sp³-hybridized carbons (Fsp3) is 0.923. The van der Waals surface area contributed by atoms with E-state index in [9.17, 15) is 9.00 Å². The van der Waals surface area contributed by atoms with E-state index in [1.165, 1.54) is 12.8 Å². The molecule has 1 aliphatic carbocycles. The van der Waals surface area contributed by atoms with E-state index in [4.69, 9.17) is 4.74 Å². The Kier molecular flexibility index (Phi) is 7.49. The molecule has 0 aromatic rings. The summed E-state index contributed by atoms with van der Waals surface area (Å²) in [6.07, 6.45) is 8.12. The lowest BCUT2D eigenvalue weighted by Gasteiger charge is -2.08. The van der Waals surface area contributed by atoms with Gasteiger partial charge in [-0.1, -0.05) is 19.3 Å². The largest absolute Gasteiger partial charge is 0.466 e. The van der Waals surface area contributed by atoms with Gasteiger partial charge in [-0.05, 0) is 32.6 Å². The number of unbranched alkanes of at least 4 members (excludes halogenated alkanes) is 2. The van der Waals surface area contributed by atoms with Gasteiger partial charge in [-0.15, -0.1) is 0 Å². The second-order valence-electron chi connectivity index (χ2n) is 4.61. The highest BCUT2D eigenvalue weighted by Gasteiger charge is 2.20. The fourth-order valence-corrected chi connectivity index (χ4v) is 3.92. The highest BCUT2D eigenvalue weighted by molar-refractivity contribution is 7.85. The van der Waals surface area contributed by atoms with E-state index in [-0.39, 0.29) is 5.97 Å². The minimum Gasteiger partial charge on any atom is -0.466 e. The third kappa shape index (κ3) is 6.20. The molecule has 0 N–H and O–H groups in total. The topological polar surface area (TPSA) is 43.4 Å². The average molecular weight is 260 g/mol. The summed E-state index contributed by atoms with van der Waals surface area (Å²) in [5.41, 5.74) is 0. The Hall–Kier alpha value is -0.380. The molecule has 1 fully saturated rings. The van der Waals surface area contributed by atoms with Crippen LogP contribution in [0, 0.1) is 0 Å². The van der Waals surface area contributed by atoms with Crippen molar-refractivity contribution in [2.45, 2.75) is 63.5 Å². The first-order valence-electron chi connectivity index (χ1n) is 6.77. The summed E-state index contributed by atoms with van der Waals surface area (Å²) in [6.45, 7) is 2.28. The molecule has 0 spiro atoms. The molecule has 1 rings (SSSR count). The van der Waals surface area contributed by atoms with Crippen LogP contribution in [-0.2, 0) is 20.3 Å². The van der Waals surface area contributed by atoms with Crippen LogP contribution < -0.4 is 0 Å². The standard InChI is InChI=1S/C13H24O3S/c1-2-16-13(14)10-4-3-7-11-17(15)12-8-5-6-9-12/h12H,2-11H2,1H3. The van der Waals surface area contributed by atoms with Gasteiger partial charge in [-0.3, -0.25) is 9.00 Å². The summed E-state index contributed by atoms with van der Waals surface area (Å²) >= 11 is 0. The molecular weight excluding hydrogens is 236 g/mol. The van der Waals surface area contributed by atoms with Crippen LogP contribution in [-0.4, -0.2) is 27.8 Å². The maximum absolute atomic E-state index is 11.9. The van der Waals surface area contributed by atoms with E-state index in [1.54, 1.807) is 0 Å². The molecule has 0 bridgehead atoms. The van der Waals surface area contributed by atoms with Crippen molar-refractivity contribution in [3.63, 3.8) is 0 Å². The molecule has 17 heavy (non-hydrogen) atoms. The van der Waals surface area contributed by atoms with Crippen LogP contribution in [0.25, 0.3) is 0 Å². The first kappa shape index (κ1) is 14.7. The zero-order valence-corrected chi connectivity index (χ0v) is 11.6. The molecule has 4 heteroatoms. The zero-order chi connectivity index (χ0) is 12.5. The van der Waals surface area contributed by atoms with Gasteiger partial charge in [0.25, 0.3) is 0 Å². The lowest BCUT2D eigenvalue weighted by atomic mass is 10.2. The summed E-state index contributed by atoms with van der Waals surface area (Å²) in [4.78, 5) is 11.1. The smallest absolute Gasteiger partial charge is 0.305 e. The summed E-state index contributed by atoms with van der Waals surface area (Å²) in [5.74, 6) is 0.706. The molecular formula is C13H24O3S. The van der Waals surface area contributed by atoms with Crippen molar-refractivity contribution in [2.24, 2.45) is 0 Å². The second kappa shape index (κ2) is 8.67. The highest BCUT2D eigenvalue weighted by atomic mass is 32.2. The molecule has 1 atom stereocenters. The first-order chi connectivity index (χ1) is 8.24. The van der Waals surface area contributed by atoms with Crippen LogP contribution >= 0.6 is 0 Å². The van der Waals surface area contributed by atoms with E-state index < -0.39 is 10.8 Å². The summed E-state index contributed by atoms with van der Waals surface area (Å²) in [5, 5.41) is 0.458. The van der Waals surface area contributed by atoms with Crippen LogP contribution in [0.5, 0.6) is 0 Å². The summed E-state index contributed by atoms with van der Waals surface area (Å²) < 4.78 is 16.7. The lowest BCUT2D eigenvalue weighted by Crippen LogP contribution is -2.13. The predicted octanol–water partition coefficient (Wildman–Crippen LogP) is 2.80. The molecule has 1 unspecified atom stereocenters. The molecule has 1 aliphatic rings. The number of carbonyl (C=O) groups excluding carboxylic acids is 1. The predicted molar refractivity (Wildman–Crippen MR) is 70.4 cm³/mol. The van der Waals surface area contributed by atoms with Crippen molar-refractivity contribution >= 4 is 16.8 Å². The van der Waals surface area contributed by atoms with Crippen LogP contribution in [0.1, 0.15) is 58.3 Å². The van der Waals surface area contributed by atoms with Crippen LogP contribution in [0.15, 0.2) is 0 Å². The van der Waals surface area contributed by atoms with E-state index in [2.05, 4.69) is 0 Å². The van der Waals surface area contributed by atoms with Crippen LogP contribution in [0.4, 0.5) is 0 Å². The SMILES string of the molecule is CCOC(=O)CCCCCS(=O)C1CCCC1. The Labute approximate surface area is 107 Å². The van der Waals surface area contributed by atoms with Crippen molar-refractivity contribution in [1.82, 2.24) is 0 Å². The molecule has 0 amide bonds. The molecule has 0 aliphatic heterocycles. The third-order valence-electron chi connectivity index (χ3n) is 3.21. The Morgan fingerprint density at radius 1 is 1.24 bits per heavy atom. The van der Waals surface area contributed by atoms with E-state index >= 15 is 0 Å². The lowest BCUT2D eigenvalue weighted by molar-refractivity contribution is -0.143. The van der Waals surface area contributed by atoms with E-state index in [0.29, 0.717) is 18.3 Å². The fourth-order valence-electron chi connectivity index (χ4n) is 2.24. The number of hydrogen-bond donors (Lipinski definition) is 0. The highest BCUT2D eigenvalue weighted by Crippen LogP contribution is 2.23. The number of carbonyl (C=O) groups is 1. The van der Waals surface area contributed by atoms with Gasteiger partial charge in [0.05, 0.1) is 6.61 Å².